The fourth-order valence-corrected chi connectivity index (χ4v) is 3.65. The SMILES string of the molecule is CC(=O)c1cccc2cc3c(cc12)C(C)(C)CCC3(C)C. The summed E-state index contributed by atoms with van der Waals surface area (Å²) in [5.74, 6) is 0.147. The van der Waals surface area contributed by atoms with Crippen molar-refractivity contribution in [1.29, 1.82) is 0 Å². The van der Waals surface area contributed by atoms with Crippen molar-refractivity contribution >= 4 is 16.6 Å². The number of hydrogen-bond acceptors (Lipinski definition) is 1. The van der Waals surface area contributed by atoms with Gasteiger partial charge >= 0.3 is 0 Å². The van der Waals surface area contributed by atoms with Crippen LogP contribution in [0.15, 0.2) is 30.3 Å². The number of Topliss-reactive ketones (excluding diaryl/α,β-unsaturated/α-hetero) is 1. The van der Waals surface area contributed by atoms with E-state index in [4.69, 9.17) is 0 Å². The van der Waals surface area contributed by atoms with Gasteiger partial charge in [-0.3, -0.25) is 4.79 Å². The van der Waals surface area contributed by atoms with Crippen molar-refractivity contribution in [2.45, 2.75) is 58.3 Å². The number of benzene rings is 2. The summed E-state index contributed by atoms with van der Waals surface area (Å²) >= 11 is 0. The van der Waals surface area contributed by atoms with E-state index in [9.17, 15) is 4.79 Å². The molecule has 0 amide bonds. The standard InChI is InChI=1S/C20H24O/c1-13(21)15-8-6-7-14-11-17-18(12-16(14)15)20(4,5)10-9-19(17,2)3/h6-8,11-12H,9-10H2,1-5H3. The molecule has 0 saturated heterocycles. The molecule has 0 heterocycles. The fourth-order valence-electron chi connectivity index (χ4n) is 3.65. The molecule has 0 saturated carbocycles. The van der Waals surface area contributed by atoms with Crippen molar-refractivity contribution in [3.63, 3.8) is 0 Å². The van der Waals surface area contributed by atoms with E-state index in [1.165, 1.54) is 29.4 Å². The Hall–Kier alpha value is -1.63. The Balaban J connectivity index is 2.39. The van der Waals surface area contributed by atoms with Crippen molar-refractivity contribution in [3.8, 4) is 0 Å². The molecule has 0 atom stereocenters. The highest BCUT2D eigenvalue weighted by atomic mass is 16.1. The lowest BCUT2D eigenvalue weighted by molar-refractivity contribution is 0.101. The van der Waals surface area contributed by atoms with Gasteiger partial charge in [0.05, 0.1) is 0 Å². The number of carbonyl (C=O) groups excluding carboxylic acids is 1. The summed E-state index contributed by atoms with van der Waals surface area (Å²) in [6.07, 6.45) is 2.41. The van der Waals surface area contributed by atoms with Gasteiger partial charge in [0.25, 0.3) is 0 Å². The molecule has 1 aliphatic carbocycles. The Bertz CT molecular complexity index is 735. The predicted molar refractivity (Wildman–Crippen MR) is 89.2 cm³/mol. The van der Waals surface area contributed by atoms with Crippen LogP contribution in [0.4, 0.5) is 0 Å². The smallest absolute Gasteiger partial charge is 0.160 e. The molecule has 2 aromatic rings. The van der Waals surface area contributed by atoms with Crippen molar-refractivity contribution in [3.05, 3.63) is 47.0 Å². The first kappa shape index (κ1) is 14.3. The van der Waals surface area contributed by atoms with Crippen LogP contribution in [0.2, 0.25) is 0 Å². The Morgan fingerprint density at radius 1 is 0.952 bits per heavy atom. The second kappa shape index (κ2) is 4.43. The van der Waals surface area contributed by atoms with E-state index in [-0.39, 0.29) is 16.6 Å². The zero-order valence-corrected chi connectivity index (χ0v) is 13.7. The van der Waals surface area contributed by atoms with Crippen molar-refractivity contribution < 1.29 is 4.79 Å². The molecule has 0 N–H and O–H groups in total. The first-order chi connectivity index (χ1) is 9.72. The molecule has 2 aromatic carbocycles. The van der Waals surface area contributed by atoms with Crippen LogP contribution in [0.3, 0.4) is 0 Å². The molecule has 21 heavy (non-hydrogen) atoms. The van der Waals surface area contributed by atoms with Gasteiger partial charge in [-0.05, 0) is 58.6 Å². The summed E-state index contributed by atoms with van der Waals surface area (Å²) in [5, 5.41) is 2.29. The third-order valence-corrected chi connectivity index (χ3v) is 5.23. The largest absolute Gasteiger partial charge is 0.294 e. The maximum atomic E-state index is 11.9. The minimum atomic E-state index is 0.147. The van der Waals surface area contributed by atoms with Gasteiger partial charge in [-0.2, -0.15) is 0 Å². The molecular weight excluding hydrogens is 256 g/mol. The van der Waals surface area contributed by atoms with Crippen LogP contribution in [-0.2, 0) is 10.8 Å². The average Bonchev–Trinajstić information content (AvgIpc) is 2.42. The summed E-state index contributed by atoms with van der Waals surface area (Å²) in [7, 11) is 0. The van der Waals surface area contributed by atoms with Crippen molar-refractivity contribution in [1.82, 2.24) is 0 Å². The quantitative estimate of drug-likeness (QED) is 0.640. The number of ketones is 1. The summed E-state index contributed by atoms with van der Waals surface area (Å²) in [4.78, 5) is 11.9. The molecule has 0 aliphatic heterocycles. The zero-order valence-electron chi connectivity index (χ0n) is 13.7. The Morgan fingerprint density at radius 2 is 1.52 bits per heavy atom. The van der Waals surface area contributed by atoms with Gasteiger partial charge in [-0.25, -0.2) is 0 Å². The average molecular weight is 280 g/mol. The van der Waals surface area contributed by atoms with E-state index in [0.717, 1.165) is 10.9 Å². The highest BCUT2D eigenvalue weighted by Gasteiger charge is 2.37. The summed E-state index contributed by atoms with van der Waals surface area (Å²) in [6.45, 7) is 11.0. The van der Waals surface area contributed by atoms with E-state index in [2.05, 4.69) is 45.9 Å². The van der Waals surface area contributed by atoms with Crippen LogP contribution < -0.4 is 0 Å². The van der Waals surface area contributed by atoms with Gasteiger partial charge in [0.1, 0.15) is 0 Å². The van der Waals surface area contributed by atoms with Crippen LogP contribution in [-0.4, -0.2) is 5.78 Å². The Morgan fingerprint density at radius 3 is 2.10 bits per heavy atom. The molecule has 3 rings (SSSR count). The monoisotopic (exact) mass is 280 g/mol. The topological polar surface area (TPSA) is 17.1 Å². The minimum Gasteiger partial charge on any atom is -0.294 e. The molecule has 0 fully saturated rings. The third-order valence-electron chi connectivity index (χ3n) is 5.23. The predicted octanol–water partition coefficient (Wildman–Crippen LogP) is 5.39. The molecule has 1 heteroatoms. The lowest BCUT2D eigenvalue weighted by Gasteiger charge is -2.42. The maximum Gasteiger partial charge on any atom is 0.160 e. The molecule has 1 aliphatic rings. The lowest BCUT2D eigenvalue weighted by Crippen LogP contribution is -2.33. The zero-order chi connectivity index (χ0) is 15.4. The van der Waals surface area contributed by atoms with Crippen molar-refractivity contribution in [2.24, 2.45) is 0 Å². The molecule has 0 spiro atoms. The first-order valence-corrected chi connectivity index (χ1v) is 7.81. The van der Waals surface area contributed by atoms with Gasteiger partial charge in [0.15, 0.2) is 5.78 Å². The van der Waals surface area contributed by atoms with Gasteiger partial charge in [0, 0.05) is 5.56 Å². The van der Waals surface area contributed by atoms with Crippen LogP contribution in [0.25, 0.3) is 10.8 Å². The van der Waals surface area contributed by atoms with E-state index < -0.39 is 0 Å². The minimum absolute atomic E-state index is 0.147. The Kier molecular flexibility index (Phi) is 3.02. The number of hydrogen-bond donors (Lipinski definition) is 0. The molecule has 110 valence electrons. The van der Waals surface area contributed by atoms with E-state index in [1.807, 2.05) is 12.1 Å². The fraction of sp³-hybridized carbons (Fsp3) is 0.450. The summed E-state index contributed by atoms with van der Waals surface area (Å²) in [5.41, 5.74) is 4.11. The maximum absolute atomic E-state index is 11.9. The van der Waals surface area contributed by atoms with Crippen LogP contribution in [0.5, 0.6) is 0 Å². The first-order valence-electron chi connectivity index (χ1n) is 7.81. The molecule has 0 unspecified atom stereocenters. The summed E-state index contributed by atoms with van der Waals surface area (Å²) in [6, 6.07) is 10.7. The van der Waals surface area contributed by atoms with Crippen molar-refractivity contribution in [2.75, 3.05) is 0 Å². The third kappa shape index (κ3) is 2.19. The van der Waals surface area contributed by atoms with E-state index in [1.54, 1.807) is 6.92 Å². The number of rotatable bonds is 1. The molecular formula is C20H24O. The van der Waals surface area contributed by atoms with E-state index >= 15 is 0 Å². The Labute approximate surface area is 127 Å². The van der Waals surface area contributed by atoms with Gasteiger partial charge in [0.2, 0.25) is 0 Å². The highest BCUT2D eigenvalue weighted by molar-refractivity contribution is 6.07. The summed E-state index contributed by atoms with van der Waals surface area (Å²) < 4.78 is 0. The van der Waals surface area contributed by atoms with E-state index in [0.29, 0.717) is 0 Å². The highest BCUT2D eigenvalue weighted by Crippen LogP contribution is 2.47. The number of carbonyl (C=O) groups is 1. The number of fused-ring (bicyclic) bond motifs is 2. The van der Waals surface area contributed by atoms with Gasteiger partial charge in [-0.15, -0.1) is 0 Å². The molecule has 1 nitrogen and oxygen atoms in total. The van der Waals surface area contributed by atoms with Crippen LogP contribution in [0.1, 0.15) is 68.9 Å². The van der Waals surface area contributed by atoms with Crippen LogP contribution >= 0.6 is 0 Å². The molecule has 0 aromatic heterocycles. The molecule has 0 radical (unpaired) electrons. The van der Waals surface area contributed by atoms with Gasteiger partial charge < -0.3 is 0 Å². The van der Waals surface area contributed by atoms with Crippen LogP contribution in [0, 0.1) is 0 Å². The second-order valence-electron chi connectivity index (χ2n) is 7.75. The second-order valence-corrected chi connectivity index (χ2v) is 7.75. The lowest BCUT2D eigenvalue weighted by atomic mass is 9.62. The molecule has 0 bridgehead atoms. The normalized spacial score (nSPS) is 19.3. The van der Waals surface area contributed by atoms with Gasteiger partial charge in [-0.1, -0.05) is 52.0 Å².